The van der Waals surface area contributed by atoms with E-state index in [2.05, 4.69) is 63.3 Å². The maximum atomic E-state index is 6.22. The summed E-state index contributed by atoms with van der Waals surface area (Å²) in [7, 11) is 0. The van der Waals surface area contributed by atoms with Crippen LogP contribution >= 0.6 is 0 Å². The Morgan fingerprint density at radius 2 is 1.74 bits per heavy atom. The third-order valence-electron chi connectivity index (χ3n) is 6.93. The molecule has 166 valence electrons. The fraction of sp³-hybridized carbons (Fsp3) is 0.556. The van der Waals surface area contributed by atoms with E-state index in [-0.39, 0.29) is 17.6 Å². The standard InChI is InChI=1S/C27H34O4/c1-18-6-4-9-24-23(26(10-18)31-17-22-15-29-22)13-27(24,3)12-20-8-5-7-19(2)25(11-20)30-16-21-14-28-21/h4-8,10-11,18,20-22H,9,12-17H2,1-3H3/b6-4-,26-10+. The molecule has 2 aliphatic heterocycles. The van der Waals surface area contributed by atoms with Crippen LogP contribution in [0.15, 0.2) is 70.8 Å². The normalized spacial score (nSPS) is 38.9. The monoisotopic (exact) mass is 422 g/mol. The third-order valence-corrected chi connectivity index (χ3v) is 6.93. The molecule has 4 heteroatoms. The van der Waals surface area contributed by atoms with E-state index in [1.807, 2.05) is 0 Å². The molecule has 5 rings (SSSR count). The van der Waals surface area contributed by atoms with Crippen LogP contribution in [0.1, 0.15) is 40.0 Å². The first kappa shape index (κ1) is 20.8. The van der Waals surface area contributed by atoms with Gasteiger partial charge in [0.1, 0.15) is 36.9 Å². The molecule has 5 unspecified atom stereocenters. The number of rotatable bonds is 8. The van der Waals surface area contributed by atoms with Crippen LogP contribution in [0, 0.1) is 17.3 Å². The molecule has 0 spiro atoms. The second-order valence-corrected chi connectivity index (χ2v) is 9.88. The van der Waals surface area contributed by atoms with Crippen LogP contribution in [0.5, 0.6) is 0 Å². The lowest BCUT2D eigenvalue weighted by molar-refractivity contribution is 0.171. The van der Waals surface area contributed by atoms with E-state index in [1.165, 1.54) is 16.7 Å². The Balaban J connectivity index is 1.32. The van der Waals surface area contributed by atoms with Gasteiger partial charge in [-0.05, 0) is 66.7 Å². The fourth-order valence-electron chi connectivity index (χ4n) is 4.90. The molecule has 0 aromatic carbocycles. The summed E-state index contributed by atoms with van der Waals surface area (Å²) in [5.74, 6) is 2.83. The van der Waals surface area contributed by atoms with Crippen molar-refractivity contribution in [2.75, 3.05) is 26.4 Å². The van der Waals surface area contributed by atoms with Gasteiger partial charge in [-0.1, -0.05) is 49.8 Å². The minimum absolute atomic E-state index is 0.174. The van der Waals surface area contributed by atoms with E-state index in [9.17, 15) is 0 Å². The minimum Gasteiger partial charge on any atom is -0.491 e. The van der Waals surface area contributed by atoms with E-state index in [0.717, 1.165) is 44.0 Å². The van der Waals surface area contributed by atoms with Gasteiger partial charge in [0, 0.05) is 0 Å². The molecular weight excluding hydrogens is 388 g/mol. The molecular formula is C27H34O4. The average molecular weight is 423 g/mol. The van der Waals surface area contributed by atoms with Gasteiger partial charge in [-0.2, -0.15) is 0 Å². The van der Waals surface area contributed by atoms with Crippen LogP contribution in [0.3, 0.4) is 0 Å². The Hall–Kier alpha value is -2.04. The predicted molar refractivity (Wildman–Crippen MR) is 121 cm³/mol. The van der Waals surface area contributed by atoms with Gasteiger partial charge < -0.3 is 18.9 Å². The molecule has 4 nitrogen and oxygen atoms in total. The summed E-state index contributed by atoms with van der Waals surface area (Å²) in [5, 5.41) is 0. The quantitative estimate of drug-likeness (QED) is 0.387. The first-order valence-corrected chi connectivity index (χ1v) is 11.7. The highest BCUT2D eigenvalue weighted by molar-refractivity contribution is 5.47. The second kappa shape index (κ2) is 8.48. The van der Waals surface area contributed by atoms with Gasteiger partial charge in [0.15, 0.2) is 0 Å². The first-order chi connectivity index (χ1) is 15.0. The summed E-state index contributed by atoms with van der Waals surface area (Å²) in [4.78, 5) is 0. The van der Waals surface area contributed by atoms with E-state index in [1.54, 1.807) is 0 Å². The SMILES string of the molecule is CC1=CC=CC(CC2(C)CC3=C2C/C=C\C(C)/C=C\3OCC2CO2)C=C1OCC1CO1. The van der Waals surface area contributed by atoms with Gasteiger partial charge in [-0.25, -0.2) is 0 Å². The molecule has 0 bridgehead atoms. The highest BCUT2D eigenvalue weighted by Gasteiger charge is 2.43. The minimum atomic E-state index is 0.174. The van der Waals surface area contributed by atoms with Crippen molar-refractivity contribution in [3.8, 4) is 0 Å². The number of ether oxygens (including phenoxy) is 4. The van der Waals surface area contributed by atoms with Crippen molar-refractivity contribution in [2.45, 2.75) is 52.2 Å². The molecule has 2 heterocycles. The topological polar surface area (TPSA) is 43.5 Å². The van der Waals surface area contributed by atoms with Crippen molar-refractivity contribution in [2.24, 2.45) is 17.3 Å². The van der Waals surface area contributed by atoms with Crippen molar-refractivity contribution in [1.82, 2.24) is 0 Å². The van der Waals surface area contributed by atoms with Gasteiger partial charge in [0.2, 0.25) is 0 Å². The van der Waals surface area contributed by atoms with Crippen molar-refractivity contribution in [3.63, 3.8) is 0 Å². The number of hydrogen-bond acceptors (Lipinski definition) is 4. The molecule has 2 saturated heterocycles. The Morgan fingerprint density at radius 3 is 2.45 bits per heavy atom. The van der Waals surface area contributed by atoms with E-state index < -0.39 is 0 Å². The van der Waals surface area contributed by atoms with Crippen LogP contribution in [0.2, 0.25) is 0 Å². The molecule has 0 aromatic heterocycles. The van der Waals surface area contributed by atoms with Crippen molar-refractivity contribution < 1.29 is 18.9 Å². The van der Waals surface area contributed by atoms with E-state index in [4.69, 9.17) is 18.9 Å². The lowest BCUT2D eigenvalue weighted by Crippen LogP contribution is -2.34. The summed E-state index contributed by atoms with van der Waals surface area (Å²) in [5.41, 5.74) is 4.30. The Morgan fingerprint density at radius 1 is 1.03 bits per heavy atom. The molecule has 3 aliphatic carbocycles. The molecule has 0 radical (unpaired) electrons. The van der Waals surface area contributed by atoms with Gasteiger partial charge in [-0.3, -0.25) is 0 Å². The van der Waals surface area contributed by atoms with Crippen LogP contribution in [0.25, 0.3) is 0 Å². The lowest BCUT2D eigenvalue weighted by Gasteiger charge is -2.46. The van der Waals surface area contributed by atoms with Crippen LogP contribution in [-0.4, -0.2) is 38.6 Å². The maximum Gasteiger partial charge on any atom is 0.119 e. The summed E-state index contributed by atoms with van der Waals surface area (Å²) in [6.45, 7) is 9.73. The van der Waals surface area contributed by atoms with E-state index in [0.29, 0.717) is 25.0 Å². The van der Waals surface area contributed by atoms with Crippen LogP contribution in [0.4, 0.5) is 0 Å². The Bertz CT molecular complexity index is 894. The Labute approximate surface area is 186 Å². The number of allylic oxidation sites excluding steroid dienone is 10. The fourth-order valence-corrected chi connectivity index (χ4v) is 4.90. The largest absolute Gasteiger partial charge is 0.491 e. The molecule has 0 amide bonds. The van der Waals surface area contributed by atoms with E-state index >= 15 is 0 Å². The summed E-state index contributed by atoms with van der Waals surface area (Å²) < 4.78 is 23.0. The number of epoxide rings is 2. The van der Waals surface area contributed by atoms with Crippen molar-refractivity contribution in [3.05, 3.63) is 70.8 Å². The summed E-state index contributed by atoms with van der Waals surface area (Å²) in [6.07, 6.45) is 19.6. The van der Waals surface area contributed by atoms with Crippen molar-refractivity contribution >= 4 is 0 Å². The van der Waals surface area contributed by atoms with Gasteiger partial charge in [0.25, 0.3) is 0 Å². The zero-order valence-electron chi connectivity index (χ0n) is 18.9. The summed E-state index contributed by atoms with van der Waals surface area (Å²) >= 11 is 0. The molecule has 0 N–H and O–H groups in total. The third kappa shape index (κ3) is 4.91. The summed E-state index contributed by atoms with van der Waals surface area (Å²) in [6, 6.07) is 0. The first-order valence-electron chi connectivity index (χ1n) is 11.7. The molecule has 0 aromatic rings. The van der Waals surface area contributed by atoms with Crippen molar-refractivity contribution in [1.29, 1.82) is 0 Å². The van der Waals surface area contributed by atoms with Crippen LogP contribution in [-0.2, 0) is 18.9 Å². The van der Waals surface area contributed by atoms with Gasteiger partial charge in [-0.15, -0.1) is 0 Å². The number of hydrogen-bond donors (Lipinski definition) is 0. The average Bonchev–Trinajstić information content (AvgIpc) is 3.61. The van der Waals surface area contributed by atoms with Crippen LogP contribution < -0.4 is 0 Å². The zero-order chi connectivity index (χ0) is 21.4. The second-order valence-electron chi connectivity index (χ2n) is 9.88. The molecule has 2 fully saturated rings. The molecule has 5 atom stereocenters. The lowest BCUT2D eigenvalue weighted by atomic mass is 9.59. The van der Waals surface area contributed by atoms with Gasteiger partial charge >= 0.3 is 0 Å². The smallest absolute Gasteiger partial charge is 0.119 e. The Kier molecular flexibility index (Phi) is 5.70. The molecule has 0 saturated carbocycles. The maximum absolute atomic E-state index is 6.22. The molecule has 5 aliphatic rings. The van der Waals surface area contributed by atoms with Gasteiger partial charge in [0.05, 0.1) is 13.2 Å². The zero-order valence-corrected chi connectivity index (χ0v) is 18.9. The highest BCUT2D eigenvalue weighted by Crippen LogP contribution is 2.55. The predicted octanol–water partition coefficient (Wildman–Crippen LogP) is 5.41. The molecule has 31 heavy (non-hydrogen) atoms. The highest BCUT2D eigenvalue weighted by atomic mass is 16.6.